The zero-order valence-corrected chi connectivity index (χ0v) is 18.1. The van der Waals surface area contributed by atoms with Crippen LogP contribution in [0.25, 0.3) is 0 Å². The molecule has 0 radical (unpaired) electrons. The molecule has 0 heterocycles. The van der Waals surface area contributed by atoms with Gasteiger partial charge < -0.3 is 10.2 Å². The van der Waals surface area contributed by atoms with Gasteiger partial charge in [-0.05, 0) is 42.0 Å². The van der Waals surface area contributed by atoms with Gasteiger partial charge in [-0.25, -0.2) is 0 Å². The molecule has 1 unspecified atom stereocenters. The van der Waals surface area contributed by atoms with E-state index in [1.54, 1.807) is 0 Å². The summed E-state index contributed by atoms with van der Waals surface area (Å²) in [4.78, 5) is 0. The first-order chi connectivity index (χ1) is 13.5. The highest BCUT2D eigenvalue weighted by Crippen LogP contribution is 2.52. The molecule has 0 amide bonds. The van der Waals surface area contributed by atoms with Gasteiger partial charge in [-0.15, -0.1) is 0 Å². The molecule has 5 nitrogen and oxygen atoms in total. The lowest BCUT2D eigenvalue weighted by Crippen LogP contribution is -2.39. The molecule has 0 saturated heterocycles. The number of benzene rings is 3. The summed E-state index contributed by atoms with van der Waals surface area (Å²) in [5.74, 6) is -0.931. The van der Waals surface area contributed by atoms with E-state index in [-0.39, 0.29) is 37.5 Å². The van der Waals surface area contributed by atoms with Crippen molar-refractivity contribution in [3.8, 4) is 11.5 Å². The summed E-state index contributed by atoms with van der Waals surface area (Å²) in [7, 11) is -5.09. The molecule has 152 valence electrons. The van der Waals surface area contributed by atoms with Crippen molar-refractivity contribution in [3.63, 3.8) is 0 Å². The van der Waals surface area contributed by atoms with Gasteiger partial charge in [0.05, 0.1) is 0 Å². The lowest BCUT2D eigenvalue weighted by Gasteiger charge is -2.34. The smallest absolute Gasteiger partial charge is 0.283 e. The molecule has 0 aliphatic carbocycles. The molecule has 0 saturated carbocycles. The molecule has 3 N–H and O–H groups in total. The van der Waals surface area contributed by atoms with Crippen LogP contribution in [0, 0.1) is 0 Å². The Bertz CT molecular complexity index is 1170. The van der Waals surface area contributed by atoms with E-state index in [2.05, 4.69) is 0 Å². The van der Waals surface area contributed by atoms with Gasteiger partial charge in [-0.3, -0.25) is 4.55 Å². The number of aromatic hydroxyl groups is 2. The van der Waals surface area contributed by atoms with Gasteiger partial charge in [0.15, 0.2) is 4.75 Å². The largest absolute Gasteiger partial charge is 0.508 e. The SMILES string of the molecule is O=S(=O)(O)C(c1ccc(Cl)cc1)(c1ccc(O)cc1O)c1c(Cl)cc(Cl)cc1Cl. The second-order valence-electron chi connectivity index (χ2n) is 6.11. The summed E-state index contributed by atoms with van der Waals surface area (Å²) in [6, 6.07) is 11.3. The van der Waals surface area contributed by atoms with Gasteiger partial charge in [0.1, 0.15) is 11.5 Å². The minimum absolute atomic E-state index is 0.00323. The number of hydrogen-bond donors (Lipinski definition) is 3. The van der Waals surface area contributed by atoms with Gasteiger partial charge in [0.2, 0.25) is 0 Å². The van der Waals surface area contributed by atoms with E-state index in [1.807, 2.05) is 0 Å². The van der Waals surface area contributed by atoms with Crippen LogP contribution in [-0.4, -0.2) is 23.2 Å². The Labute approximate surface area is 186 Å². The summed E-state index contributed by atoms with van der Waals surface area (Å²) >= 11 is 24.6. The lowest BCUT2D eigenvalue weighted by atomic mass is 9.83. The molecule has 3 aromatic carbocycles. The molecule has 3 rings (SSSR count). The predicted octanol–water partition coefficient (Wildman–Crippen LogP) is 5.89. The first-order valence-corrected chi connectivity index (χ1v) is 10.8. The highest BCUT2D eigenvalue weighted by Gasteiger charge is 2.52. The third-order valence-electron chi connectivity index (χ3n) is 4.36. The van der Waals surface area contributed by atoms with Crippen LogP contribution in [0.1, 0.15) is 16.7 Å². The predicted molar refractivity (Wildman–Crippen MR) is 114 cm³/mol. The van der Waals surface area contributed by atoms with Crippen LogP contribution in [-0.2, 0) is 14.9 Å². The highest BCUT2D eigenvalue weighted by molar-refractivity contribution is 7.87. The van der Waals surface area contributed by atoms with E-state index in [9.17, 15) is 23.2 Å². The summed E-state index contributed by atoms with van der Waals surface area (Å²) in [5.41, 5.74) is -0.515. The Morgan fingerprint density at radius 2 is 1.31 bits per heavy atom. The Hall–Kier alpha value is -1.67. The quantitative estimate of drug-likeness (QED) is 0.311. The Morgan fingerprint density at radius 1 is 0.759 bits per heavy atom. The summed E-state index contributed by atoms with van der Waals surface area (Å²) in [5, 5.41) is 20.3. The van der Waals surface area contributed by atoms with E-state index in [4.69, 9.17) is 46.4 Å². The first-order valence-electron chi connectivity index (χ1n) is 7.89. The fourth-order valence-corrected chi connectivity index (χ4v) is 5.93. The van der Waals surface area contributed by atoms with E-state index in [0.29, 0.717) is 5.02 Å². The van der Waals surface area contributed by atoms with Gasteiger partial charge in [0, 0.05) is 37.3 Å². The van der Waals surface area contributed by atoms with E-state index in [1.165, 1.54) is 36.4 Å². The van der Waals surface area contributed by atoms with Crippen molar-refractivity contribution in [2.45, 2.75) is 4.75 Å². The molecule has 0 bridgehead atoms. The van der Waals surface area contributed by atoms with Crippen LogP contribution in [0.4, 0.5) is 0 Å². The second kappa shape index (κ2) is 7.87. The number of hydrogen-bond acceptors (Lipinski definition) is 4. The van der Waals surface area contributed by atoms with Crippen molar-refractivity contribution < 1.29 is 23.2 Å². The molecular weight excluding hydrogens is 482 g/mol. The Morgan fingerprint density at radius 3 is 1.79 bits per heavy atom. The number of phenolic OH excluding ortho intramolecular Hbond substituents is 2. The molecule has 3 aromatic rings. The maximum atomic E-state index is 13.0. The number of phenols is 2. The van der Waals surface area contributed by atoms with Gasteiger partial charge in [-0.1, -0.05) is 58.5 Å². The molecule has 0 fully saturated rings. The molecule has 0 aromatic heterocycles. The molecule has 0 spiro atoms. The van der Waals surface area contributed by atoms with Crippen LogP contribution in [0.15, 0.2) is 54.6 Å². The minimum atomic E-state index is -5.09. The first kappa shape index (κ1) is 22.0. The van der Waals surface area contributed by atoms with Crippen LogP contribution < -0.4 is 0 Å². The number of halogens is 4. The fraction of sp³-hybridized carbons (Fsp3) is 0.0526. The second-order valence-corrected chi connectivity index (χ2v) is 9.36. The molecule has 0 aliphatic heterocycles. The maximum Gasteiger partial charge on any atom is 0.283 e. The standard InChI is InChI=1S/C19H12Cl4O5S/c20-11-3-1-10(2-4-11)19(29(26,27)28,14-6-5-13(24)9-17(14)25)18-15(22)7-12(21)8-16(18)23/h1-9,24-25H,(H,26,27,28). The van der Waals surface area contributed by atoms with Gasteiger partial charge in [0.25, 0.3) is 10.1 Å². The topological polar surface area (TPSA) is 94.8 Å². The highest BCUT2D eigenvalue weighted by atomic mass is 35.5. The van der Waals surface area contributed by atoms with Crippen LogP contribution in [0.2, 0.25) is 20.1 Å². The summed E-state index contributed by atoms with van der Waals surface area (Å²) in [6.07, 6.45) is 0. The van der Waals surface area contributed by atoms with Crippen molar-refractivity contribution >= 4 is 56.5 Å². The van der Waals surface area contributed by atoms with E-state index < -0.39 is 20.6 Å². The lowest BCUT2D eigenvalue weighted by molar-refractivity contribution is 0.431. The molecule has 10 heteroatoms. The van der Waals surface area contributed by atoms with E-state index in [0.717, 1.165) is 18.2 Å². The van der Waals surface area contributed by atoms with Crippen molar-refractivity contribution in [2.24, 2.45) is 0 Å². The van der Waals surface area contributed by atoms with Gasteiger partial charge in [-0.2, -0.15) is 8.42 Å². The molecule has 29 heavy (non-hydrogen) atoms. The van der Waals surface area contributed by atoms with Crippen LogP contribution in [0.3, 0.4) is 0 Å². The molecular formula is C19H12Cl4O5S. The van der Waals surface area contributed by atoms with Crippen LogP contribution in [0.5, 0.6) is 11.5 Å². The molecule has 1 atom stereocenters. The number of rotatable bonds is 4. The normalized spacial score (nSPS) is 13.8. The average molecular weight is 494 g/mol. The summed E-state index contributed by atoms with van der Waals surface area (Å²) in [6.45, 7) is 0. The fourth-order valence-electron chi connectivity index (χ4n) is 3.23. The monoisotopic (exact) mass is 492 g/mol. The average Bonchev–Trinajstić information content (AvgIpc) is 2.58. The van der Waals surface area contributed by atoms with Gasteiger partial charge >= 0.3 is 0 Å². The Balaban J connectivity index is 2.61. The van der Waals surface area contributed by atoms with Crippen molar-refractivity contribution in [2.75, 3.05) is 0 Å². The Kier molecular flexibility index (Phi) is 5.98. The van der Waals surface area contributed by atoms with Crippen molar-refractivity contribution in [1.82, 2.24) is 0 Å². The van der Waals surface area contributed by atoms with E-state index >= 15 is 0 Å². The van der Waals surface area contributed by atoms with Crippen molar-refractivity contribution in [1.29, 1.82) is 0 Å². The third kappa shape index (κ3) is 3.77. The zero-order chi connectivity index (χ0) is 21.6. The summed E-state index contributed by atoms with van der Waals surface area (Å²) < 4.78 is 34.0. The minimum Gasteiger partial charge on any atom is -0.508 e. The van der Waals surface area contributed by atoms with Crippen LogP contribution >= 0.6 is 46.4 Å². The zero-order valence-electron chi connectivity index (χ0n) is 14.3. The third-order valence-corrected chi connectivity index (χ3v) is 6.86. The van der Waals surface area contributed by atoms with Crippen molar-refractivity contribution in [3.05, 3.63) is 91.4 Å². The molecule has 0 aliphatic rings. The maximum absolute atomic E-state index is 13.0.